The molecule has 0 radical (unpaired) electrons. The predicted molar refractivity (Wildman–Crippen MR) is 96.5 cm³/mol. The van der Waals surface area contributed by atoms with E-state index >= 15 is 0 Å². The normalized spacial score (nSPS) is 14.3. The number of nitrogens with zero attached hydrogens (tertiary/aromatic N) is 2. The van der Waals surface area contributed by atoms with E-state index in [4.69, 9.17) is 4.42 Å². The van der Waals surface area contributed by atoms with Crippen molar-refractivity contribution in [3.63, 3.8) is 0 Å². The number of para-hydroxylation sites is 1. The first-order valence-corrected chi connectivity index (χ1v) is 8.63. The number of rotatable bonds is 2. The zero-order valence-electron chi connectivity index (χ0n) is 14.4. The Labute approximate surface area is 150 Å². The molecule has 1 aliphatic rings. The quantitative estimate of drug-likeness (QED) is 0.708. The molecule has 0 N–H and O–H groups in total. The number of carbonyl (C=O) groups excluding carboxylic acids is 2. The van der Waals surface area contributed by atoms with E-state index in [1.165, 1.54) is 4.57 Å². The Bertz CT molecular complexity index is 1060. The van der Waals surface area contributed by atoms with E-state index in [2.05, 4.69) is 4.99 Å². The van der Waals surface area contributed by atoms with Crippen LogP contribution >= 0.6 is 0 Å². The number of pyridine rings is 1. The van der Waals surface area contributed by atoms with Gasteiger partial charge < -0.3 is 4.42 Å². The van der Waals surface area contributed by atoms with Crippen molar-refractivity contribution in [3.05, 3.63) is 82.9 Å². The van der Waals surface area contributed by atoms with Crippen LogP contribution in [0.1, 0.15) is 45.1 Å². The third-order valence-corrected chi connectivity index (χ3v) is 4.56. The van der Waals surface area contributed by atoms with E-state index in [0.29, 0.717) is 35.2 Å². The van der Waals surface area contributed by atoms with Gasteiger partial charge in [-0.05, 0) is 37.6 Å². The van der Waals surface area contributed by atoms with Crippen molar-refractivity contribution in [2.45, 2.75) is 26.2 Å². The maximum absolute atomic E-state index is 13.1. The number of carbonyl (C=O) groups is 2. The van der Waals surface area contributed by atoms with Gasteiger partial charge in [-0.15, -0.1) is 0 Å². The highest BCUT2D eigenvalue weighted by atomic mass is 16.4. The number of furan rings is 1. The van der Waals surface area contributed by atoms with Crippen molar-refractivity contribution in [2.24, 2.45) is 4.99 Å². The number of aryl methyl sites for hydroxylation is 1. The molecule has 5 nitrogen and oxygen atoms in total. The maximum Gasteiger partial charge on any atom is 0.299 e. The molecule has 1 aliphatic carbocycles. The fraction of sp³-hybridized carbons (Fsp3) is 0.190. The SMILES string of the molecule is Cc1c(C(=O)n2ccccc2=Nc2ccccc2)oc2c1C(=O)CCC2. The largest absolute Gasteiger partial charge is 0.455 e. The first-order chi connectivity index (χ1) is 12.6. The van der Waals surface area contributed by atoms with Crippen LogP contribution in [0.4, 0.5) is 5.69 Å². The van der Waals surface area contributed by atoms with Gasteiger partial charge in [0.1, 0.15) is 11.2 Å². The second-order valence-corrected chi connectivity index (χ2v) is 6.31. The first kappa shape index (κ1) is 16.3. The van der Waals surface area contributed by atoms with E-state index < -0.39 is 0 Å². The number of aromatic nitrogens is 1. The smallest absolute Gasteiger partial charge is 0.299 e. The van der Waals surface area contributed by atoms with E-state index in [0.717, 1.165) is 12.1 Å². The van der Waals surface area contributed by atoms with Gasteiger partial charge in [0.25, 0.3) is 5.91 Å². The Morgan fingerprint density at radius 2 is 1.85 bits per heavy atom. The van der Waals surface area contributed by atoms with Gasteiger partial charge in [0, 0.05) is 24.6 Å². The van der Waals surface area contributed by atoms with Crippen molar-refractivity contribution in [1.29, 1.82) is 0 Å². The number of ketones is 1. The molecule has 0 amide bonds. The van der Waals surface area contributed by atoms with Gasteiger partial charge in [-0.2, -0.15) is 0 Å². The molecule has 26 heavy (non-hydrogen) atoms. The molecule has 130 valence electrons. The summed E-state index contributed by atoms with van der Waals surface area (Å²) in [6, 6.07) is 14.8. The van der Waals surface area contributed by atoms with Crippen LogP contribution in [0, 0.1) is 6.92 Å². The third-order valence-electron chi connectivity index (χ3n) is 4.56. The van der Waals surface area contributed by atoms with Gasteiger partial charge in [-0.3, -0.25) is 14.2 Å². The van der Waals surface area contributed by atoms with E-state index in [1.54, 1.807) is 25.3 Å². The zero-order chi connectivity index (χ0) is 18.1. The molecule has 3 aromatic rings. The van der Waals surface area contributed by atoms with Crippen LogP contribution in [-0.2, 0) is 6.42 Å². The first-order valence-electron chi connectivity index (χ1n) is 8.63. The standard InChI is InChI=1S/C21H18N2O3/c1-14-19-16(24)10-7-11-17(19)26-20(14)21(25)23-13-6-5-12-18(23)22-15-8-3-2-4-9-15/h2-6,8-9,12-13H,7,10-11H2,1H3. The Hall–Kier alpha value is -3.21. The fourth-order valence-electron chi connectivity index (χ4n) is 3.29. The van der Waals surface area contributed by atoms with Gasteiger partial charge in [-0.1, -0.05) is 24.3 Å². The second-order valence-electron chi connectivity index (χ2n) is 6.31. The van der Waals surface area contributed by atoms with Crippen LogP contribution in [-0.4, -0.2) is 16.3 Å². The molecule has 0 spiro atoms. The van der Waals surface area contributed by atoms with Crippen molar-refractivity contribution in [1.82, 2.24) is 4.57 Å². The number of benzene rings is 1. The molecule has 2 heterocycles. The zero-order valence-corrected chi connectivity index (χ0v) is 14.4. The second kappa shape index (κ2) is 6.59. The number of hydrogen-bond acceptors (Lipinski definition) is 4. The van der Waals surface area contributed by atoms with Gasteiger partial charge in [0.15, 0.2) is 11.5 Å². The van der Waals surface area contributed by atoms with Crippen LogP contribution in [0.15, 0.2) is 64.1 Å². The lowest BCUT2D eigenvalue weighted by molar-refractivity contribution is 0.0921. The molecule has 0 saturated heterocycles. The maximum atomic E-state index is 13.1. The monoisotopic (exact) mass is 346 g/mol. The van der Waals surface area contributed by atoms with Crippen molar-refractivity contribution < 1.29 is 14.0 Å². The molecule has 0 unspecified atom stereocenters. The van der Waals surface area contributed by atoms with Crippen LogP contribution in [0.3, 0.4) is 0 Å². The average Bonchev–Trinajstić information content (AvgIpc) is 3.00. The average molecular weight is 346 g/mol. The minimum atomic E-state index is -0.319. The molecular formula is C21H18N2O3. The Morgan fingerprint density at radius 1 is 1.08 bits per heavy atom. The highest BCUT2D eigenvalue weighted by molar-refractivity contribution is 6.03. The van der Waals surface area contributed by atoms with Crippen molar-refractivity contribution in [3.8, 4) is 0 Å². The summed E-state index contributed by atoms with van der Waals surface area (Å²) in [6.45, 7) is 1.77. The summed E-state index contributed by atoms with van der Waals surface area (Å²) in [7, 11) is 0. The molecule has 4 rings (SSSR count). The summed E-state index contributed by atoms with van der Waals surface area (Å²) < 4.78 is 7.25. The van der Waals surface area contributed by atoms with E-state index in [-0.39, 0.29) is 17.5 Å². The van der Waals surface area contributed by atoms with Crippen LogP contribution in [0.5, 0.6) is 0 Å². The molecule has 0 aliphatic heterocycles. The number of Topliss-reactive ketones (excluding diaryl/α,β-unsaturated/α-hetero) is 1. The summed E-state index contributed by atoms with van der Waals surface area (Å²) in [5, 5.41) is 0. The number of hydrogen-bond donors (Lipinski definition) is 0. The molecule has 0 fully saturated rings. The molecule has 0 atom stereocenters. The molecule has 1 aromatic carbocycles. The topological polar surface area (TPSA) is 64.6 Å². The van der Waals surface area contributed by atoms with Crippen LogP contribution in [0.2, 0.25) is 0 Å². The lowest BCUT2D eigenvalue weighted by Gasteiger charge is -2.07. The van der Waals surface area contributed by atoms with Crippen LogP contribution in [0.25, 0.3) is 0 Å². The fourth-order valence-corrected chi connectivity index (χ4v) is 3.29. The summed E-state index contributed by atoms with van der Waals surface area (Å²) in [5.41, 5.74) is 2.46. The van der Waals surface area contributed by atoms with E-state index in [9.17, 15) is 9.59 Å². The Balaban J connectivity index is 1.82. The molecule has 2 aromatic heterocycles. The Morgan fingerprint density at radius 3 is 2.62 bits per heavy atom. The minimum absolute atomic E-state index is 0.0545. The van der Waals surface area contributed by atoms with Crippen LogP contribution < -0.4 is 5.49 Å². The number of fused-ring (bicyclic) bond motifs is 1. The summed E-state index contributed by atoms with van der Waals surface area (Å²) in [4.78, 5) is 29.8. The summed E-state index contributed by atoms with van der Waals surface area (Å²) in [6.07, 6.45) is 3.62. The Kier molecular flexibility index (Phi) is 4.13. The van der Waals surface area contributed by atoms with Gasteiger partial charge in [0.05, 0.1) is 11.3 Å². The van der Waals surface area contributed by atoms with Crippen molar-refractivity contribution >= 4 is 17.4 Å². The highest BCUT2D eigenvalue weighted by Gasteiger charge is 2.29. The van der Waals surface area contributed by atoms with Gasteiger partial charge in [-0.25, -0.2) is 4.99 Å². The van der Waals surface area contributed by atoms with Gasteiger partial charge >= 0.3 is 0 Å². The molecule has 0 bridgehead atoms. The molecular weight excluding hydrogens is 328 g/mol. The molecule has 0 saturated carbocycles. The third kappa shape index (κ3) is 2.81. The highest BCUT2D eigenvalue weighted by Crippen LogP contribution is 2.29. The van der Waals surface area contributed by atoms with E-state index in [1.807, 2.05) is 36.4 Å². The minimum Gasteiger partial charge on any atom is -0.455 e. The summed E-state index contributed by atoms with van der Waals surface area (Å²) >= 11 is 0. The molecule has 5 heteroatoms. The van der Waals surface area contributed by atoms with Crippen molar-refractivity contribution in [2.75, 3.05) is 0 Å². The lowest BCUT2D eigenvalue weighted by Crippen LogP contribution is -2.27. The van der Waals surface area contributed by atoms with Gasteiger partial charge in [0.2, 0.25) is 0 Å². The lowest BCUT2D eigenvalue weighted by atomic mass is 9.94. The summed E-state index contributed by atoms with van der Waals surface area (Å²) in [5.74, 6) is 0.574. The predicted octanol–water partition coefficient (Wildman–Crippen LogP) is 3.83.